The number of carbonyl (C=O) groups is 3. The summed E-state index contributed by atoms with van der Waals surface area (Å²) in [6.45, 7) is 11.7. The Hall–Kier alpha value is -2.47. The van der Waals surface area contributed by atoms with Gasteiger partial charge in [-0.15, -0.1) is 0 Å². The number of allylic oxidation sites excluding steroid dienone is 3. The lowest BCUT2D eigenvalue weighted by Gasteiger charge is -2.27. The molecule has 1 aliphatic rings. The lowest BCUT2D eigenvalue weighted by Crippen LogP contribution is -2.30. The summed E-state index contributed by atoms with van der Waals surface area (Å²) in [6.07, 6.45) is 2.44. The molecule has 1 aliphatic carbocycles. The Labute approximate surface area is 166 Å². The Balaban J connectivity index is 3.37. The smallest absolute Gasteiger partial charge is 0.333 e. The summed E-state index contributed by atoms with van der Waals surface area (Å²) in [4.78, 5) is 36.5. The Morgan fingerprint density at radius 1 is 1.21 bits per heavy atom. The fraction of sp³-hybridized carbons (Fsp3) is 0.500. The van der Waals surface area contributed by atoms with E-state index in [2.05, 4.69) is 0 Å². The molecule has 154 valence electrons. The van der Waals surface area contributed by atoms with E-state index in [0.717, 1.165) is 5.57 Å². The maximum Gasteiger partial charge on any atom is 0.333 e. The Kier molecular flexibility index (Phi) is 8.57. The fourth-order valence-electron chi connectivity index (χ4n) is 2.71. The summed E-state index contributed by atoms with van der Waals surface area (Å²) in [6, 6.07) is 0. The molecule has 0 amide bonds. The molecular formula is C22H30O6. The lowest BCUT2D eigenvalue weighted by atomic mass is 9.85. The molecule has 2 unspecified atom stereocenters. The summed E-state index contributed by atoms with van der Waals surface area (Å²) < 4.78 is 10.7. The highest BCUT2D eigenvalue weighted by molar-refractivity contribution is 6.10. The Bertz CT molecular complexity index is 775. The lowest BCUT2D eigenvalue weighted by molar-refractivity contribution is -0.142. The van der Waals surface area contributed by atoms with Crippen molar-refractivity contribution in [3.63, 3.8) is 0 Å². The molecule has 0 aromatic rings. The van der Waals surface area contributed by atoms with Crippen LogP contribution < -0.4 is 0 Å². The van der Waals surface area contributed by atoms with E-state index in [1.54, 1.807) is 33.8 Å². The first-order chi connectivity index (χ1) is 13.0. The predicted octanol–water partition coefficient (Wildman–Crippen LogP) is 3.71. The second kappa shape index (κ2) is 10.2. The van der Waals surface area contributed by atoms with Crippen LogP contribution in [0.3, 0.4) is 0 Å². The van der Waals surface area contributed by atoms with Gasteiger partial charge in [0.25, 0.3) is 0 Å². The number of aliphatic hydroxyl groups excluding tert-OH is 1. The molecule has 1 rings (SSSR count). The van der Waals surface area contributed by atoms with E-state index in [9.17, 15) is 19.5 Å². The highest BCUT2D eigenvalue weighted by Crippen LogP contribution is 2.31. The highest BCUT2D eigenvalue weighted by Gasteiger charge is 2.34. The first-order valence-electron chi connectivity index (χ1n) is 9.28. The number of aliphatic hydroxyl groups is 1. The van der Waals surface area contributed by atoms with Gasteiger partial charge in [-0.05, 0) is 47.1 Å². The van der Waals surface area contributed by atoms with Gasteiger partial charge < -0.3 is 14.6 Å². The van der Waals surface area contributed by atoms with Gasteiger partial charge in [-0.3, -0.25) is 9.59 Å². The number of rotatable bonds is 6. The van der Waals surface area contributed by atoms with Gasteiger partial charge in [-0.2, -0.15) is 0 Å². The molecule has 0 fully saturated rings. The maximum atomic E-state index is 12.9. The molecule has 2 atom stereocenters. The van der Waals surface area contributed by atoms with Crippen LogP contribution in [0.2, 0.25) is 0 Å². The summed E-state index contributed by atoms with van der Waals surface area (Å²) in [5.74, 6) is -1.72. The zero-order valence-electron chi connectivity index (χ0n) is 17.7. The summed E-state index contributed by atoms with van der Waals surface area (Å²) in [5.41, 5.74) is 2.67. The van der Waals surface area contributed by atoms with E-state index in [0.29, 0.717) is 28.7 Å². The number of Topliss-reactive ketones (excluding diaryl/α,β-unsaturated/α-hetero) is 1. The summed E-state index contributed by atoms with van der Waals surface area (Å²) in [5, 5.41) is 10.3. The van der Waals surface area contributed by atoms with Crippen LogP contribution in [0.1, 0.15) is 61.3 Å². The second-order valence-corrected chi connectivity index (χ2v) is 7.20. The molecule has 0 heterocycles. The molecular weight excluding hydrogens is 360 g/mol. The Morgan fingerprint density at radius 2 is 1.82 bits per heavy atom. The normalized spacial score (nSPS) is 20.5. The van der Waals surface area contributed by atoms with Crippen LogP contribution in [0.15, 0.2) is 45.8 Å². The number of esters is 2. The van der Waals surface area contributed by atoms with Crippen LogP contribution in [0, 0.1) is 0 Å². The second-order valence-electron chi connectivity index (χ2n) is 7.20. The van der Waals surface area contributed by atoms with Crippen LogP contribution in [0.5, 0.6) is 0 Å². The molecule has 0 aliphatic heterocycles. The van der Waals surface area contributed by atoms with E-state index < -0.39 is 29.9 Å². The van der Waals surface area contributed by atoms with Gasteiger partial charge in [-0.25, -0.2) is 4.79 Å². The molecule has 0 radical (unpaired) electrons. The highest BCUT2D eigenvalue weighted by atomic mass is 16.5. The zero-order valence-corrected chi connectivity index (χ0v) is 17.7. The molecule has 0 bridgehead atoms. The van der Waals surface area contributed by atoms with Crippen LogP contribution in [-0.2, 0) is 23.9 Å². The molecule has 0 saturated carbocycles. The third kappa shape index (κ3) is 6.02. The van der Waals surface area contributed by atoms with Gasteiger partial charge in [-0.1, -0.05) is 17.7 Å². The average Bonchev–Trinajstić information content (AvgIpc) is 2.63. The minimum atomic E-state index is -0.950. The SMILES string of the molecule is CC=C(C)C(=O)OC(CC=C(C)C)C(C)=C1CC(O)C(C)=C(OC(C)=O)C1=O. The van der Waals surface area contributed by atoms with Crippen LogP contribution in [0.4, 0.5) is 0 Å². The molecule has 0 aromatic heterocycles. The first kappa shape index (κ1) is 23.6. The molecule has 6 nitrogen and oxygen atoms in total. The molecule has 6 heteroatoms. The van der Waals surface area contributed by atoms with E-state index in [-0.39, 0.29) is 12.2 Å². The summed E-state index contributed by atoms with van der Waals surface area (Å²) in [7, 11) is 0. The fourth-order valence-corrected chi connectivity index (χ4v) is 2.71. The quantitative estimate of drug-likeness (QED) is 0.422. The standard InChI is InChI=1S/C22H30O6/c1-8-13(4)22(26)28-19(10-9-12(2)3)14(5)17-11-18(24)15(6)21(20(17)25)27-16(7)23/h8-9,18-19,24H,10-11H2,1-7H3. The van der Waals surface area contributed by atoms with Crippen molar-refractivity contribution < 1.29 is 29.0 Å². The number of carbonyl (C=O) groups excluding carboxylic acids is 3. The minimum Gasteiger partial charge on any atom is -0.454 e. The first-order valence-corrected chi connectivity index (χ1v) is 9.28. The molecule has 0 saturated heterocycles. The number of ether oxygens (including phenoxy) is 2. The van der Waals surface area contributed by atoms with E-state index in [1.165, 1.54) is 6.92 Å². The molecule has 1 N–H and O–H groups in total. The molecule has 28 heavy (non-hydrogen) atoms. The summed E-state index contributed by atoms with van der Waals surface area (Å²) >= 11 is 0. The predicted molar refractivity (Wildman–Crippen MR) is 106 cm³/mol. The van der Waals surface area contributed by atoms with Crippen LogP contribution >= 0.6 is 0 Å². The van der Waals surface area contributed by atoms with Gasteiger partial charge in [0.05, 0.1) is 6.10 Å². The largest absolute Gasteiger partial charge is 0.454 e. The van der Waals surface area contributed by atoms with Crippen molar-refractivity contribution in [2.75, 3.05) is 0 Å². The van der Waals surface area contributed by atoms with Crippen molar-refractivity contribution >= 4 is 17.7 Å². The number of hydrogen-bond acceptors (Lipinski definition) is 6. The van der Waals surface area contributed by atoms with Crippen molar-refractivity contribution in [1.29, 1.82) is 0 Å². The van der Waals surface area contributed by atoms with Gasteiger partial charge in [0.1, 0.15) is 6.10 Å². The van der Waals surface area contributed by atoms with Crippen molar-refractivity contribution in [3.8, 4) is 0 Å². The minimum absolute atomic E-state index is 0.0761. The van der Waals surface area contributed by atoms with Gasteiger partial charge in [0.15, 0.2) is 5.76 Å². The van der Waals surface area contributed by atoms with E-state index >= 15 is 0 Å². The topological polar surface area (TPSA) is 89.9 Å². The third-order valence-corrected chi connectivity index (χ3v) is 4.69. The van der Waals surface area contributed by atoms with Gasteiger partial charge in [0.2, 0.25) is 5.78 Å². The van der Waals surface area contributed by atoms with Crippen LogP contribution in [0.25, 0.3) is 0 Å². The zero-order chi connectivity index (χ0) is 21.6. The Morgan fingerprint density at radius 3 is 2.32 bits per heavy atom. The van der Waals surface area contributed by atoms with Gasteiger partial charge >= 0.3 is 11.9 Å². The third-order valence-electron chi connectivity index (χ3n) is 4.69. The number of ketones is 1. The van der Waals surface area contributed by atoms with Crippen LogP contribution in [-0.4, -0.2) is 35.0 Å². The van der Waals surface area contributed by atoms with Crippen molar-refractivity contribution in [1.82, 2.24) is 0 Å². The monoisotopic (exact) mass is 390 g/mol. The maximum absolute atomic E-state index is 12.9. The number of hydrogen-bond donors (Lipinski definition) is 1. The molecule has 0 aromatic carbocycles. The van der Waals surface area contributed by atoms with E-state index in [1.807, 2.05) is 19.9 Å². The molecule has 0 spiro atoms. The van der Waals surface area contributed by atoms with Crippen molar-refractivity contribution in [2.24, 2.45) is 0 Å². The van der Waals surface area contributed by atoms with Gasteiger partial charge in [0, 0.05) is 36.5 Å². The van der Waals surface area contributed by atoms with Crippen molar-refractivity contribution in [2.45, 2.75) is 73.5 Å². The van der Waals surface area contributed by atoms with E-state index in [4.69, 9.17) is 9.47 Å². The average molecular weight is 390 g/mol. The van der Waals surface area contributed by atoms with Crippen molar-refractivity contribution in [3.05, 3.63) is 45.8 Å².